The Bertz CT molecular complexity index is 402. The van der Waals surface area contributed by atoms with Gasteiger partial charge in [-0.3, -0.25) is 14.4 Å². The van der Waals surface area contributed by atoms with Crippen molar-refractivity contribution >= 4 is 17.8 Å². The van der Waals surface area contributed by atoms with Crippen molar-refractivity contribution in [3.63, 3.8) is 0 Å². The molecule has 0 aliphatic carbocycles. The third-order valence-corrected chi connectivity index (χ3v) is 2.75. The lowest BCUT2D eigenvalue weighted by Gasteiger charge is -2.30. The van der Waals surface area contributed by atoms with Crippen LogP contribution in [0.4, 0.5) is 0 Å². The largest absolute Gasteiger partial charge is 0.461 e. The number of rotatable bonds is 7. The normalized spacial score (nSPS) is 13.8. The van der Waals surface area contributed by atoms with Gasteiger partial charge in [0, 0.05) is 7.05 Å². The third kappa shape index (κ3) is 6.89. The fraction of sp³-hybridized carbons (Fsp3) is 0.643. The summed E-state index contributed by atoms with van der Waals surface area (Å²) in [6, 6.07) is -1.82. The lowest BCUT2D eigenvalue weighted by Crippen LogP contribution is -2.56. The summed E-state index contributed by atoms with van der Waals surface area (Å²) in [4.78, 5) is 35.2. The number of nitrogens with two attached hydrogens (primary N) is 1. The van der Waals surface area contributed by atoms with Crippen molar-refractivity contribution in [3.05, 3.63) is 12.7 Å². The molecule has 7 nitrogen and oxygen atoms in total. The summed E-state index contributed by atoms with van der Waals surface area (Å²) in [5, 5.41) is 5.05. The van der Waals surface area contributed by atoms with Crippen LogP contribution in [0.25, 0.3) is 0 Å². The van der Waals surface area contributed by atoms with Crippen molar-refractivity contribution in [1.82, 2.24) is 10.6 Å². The Morgan fingerprint density at radius 1 is 1.29 bits per heavy atom. The van der Waals surface area contributed by atoms with Gasteiger partial charge in [0.25, 0.3) is 0 Å². The zero-order chi connectivity index (χ0) is 16.6. The third-order valence-electron chi connectivity index (χ3n) is 2.75. The van der Waals surface area contributed by atoms with Gasteiger partial charge in [0.15, 0.2) is 0 Å². The first-order valence-corrected chi connectivity index (χ1v) is 6.67. The van der Waals surface area contributed by atoms with E-state index in [0.717, 1.165) is 0 Å². The van der Waals surface area contributed by atoms with Crippen molar-refractivity contribution < 1.29 is 19.1 Å². The fourth-order valence-electron chi connectivity index (χ4n) is 1.55. The second-order valence-corrected chi connectivity index (χ2v) is 5.70. The Morgan fingerprint density at radius 3 is 2.29 bits per heavy atom. The minimum absolute atomic E-state index is 0.0655. The maximum Gasteiger partial charge on any atom is 0.308 e. The summed E-state index contributed by atoms with van der Waals surface area (Å²) in [6.45, 7) is 8.92. The molecule has 0 unspecified atom stereocenters. The summed E-state index contributed by atoms with van der Waals surface area (Å²) >= 11 is 0. The Labute approximate surface area is 125 Å². The monoisotopic (exact) mass is 299 g/mol. The molecule has 0 saturated carbocycles. The van der Waals surface area contributed by atoms with Gasteiger partial charge in [-0.15, -0.1) is 0 Å². The van der Waals surface area contributed by atoms with E-state index < -0.39 is 29.4 Å². The first-order chi connectivity index (χ1) is 9.63. The highest BCUT2D eigenvalue weighted by atomic mass is 16.5. The van der Waals surface area contributed by atoms with Gasteiger partial charge in [-0.1, -0.05) is 33.4 Å². The molecular weight excluding hydrogens is 274 g/mol. The molecule has 21 heavy (non-hydrogen) atoms. The van der Waals surface area contributed by atoms with Gasteiger partial charge in [0.1, 0.15) is 12.6 Å². The van der Waals surface area contributed by atoms with Crippen molar-refractivity contribution in [1.29, 1.82) is 0 Å². The summed E-state index contributed by atoms with van der Waals surface area (Å²) in [7, 11) is 1.49. The average Bonchev–Trinajstić information content (AvgIpc) is 2.39. The standard InChI is InChI=1S/C14H25N3O4/c1-6-7-21-10(18)8-9(15)12(19)17-11(13(20)16-5)14(2,3)4/h6,9,11H,1,7-8,15H2,2-5H3,(H,16,20)(H,17,19)/t9-,11-/m1/s1. The lowest BCUT2D eigenvalue weighted by atomic mass is 9.86. The summed E-state index contributed by atoms with van der Waals surface area (Å²) in [6.07, 6.45) is 1.16. The van der Waals surface area contributed by atoms with E-state index in [2.05, 4.69) is 17.2 Å². The van der Waals surface area contributed by atoms with Crippen LogP contribution in [0.2, 0.25) is 0 Å². The lowest BCUT2D eigenvalue weighted by molar-refractivity contribution is -0.144. The van der Waals surface area contributed by atoms with Gasteiger partial charge in [0.05, 0.1) is 12.5 Å². The zero-order valence-corrected chi connectivity index (χ0v) is 13.1. The molecule has 2 amide bonds. The number of ether oxygens (including phenoxy) is 1. The highest BCUT2D eigenvalue weighted by Crippen LogP contribution is 2.19. The van der Waals surface area contributed by atoms with Gasteiger partial charge >= 0.3 is 5.97 Å². The minimum Gasteiger partial charge on any atom is -0.461 e. The fourth-order valence-corrected chi connectivity index (χ4v) is 1.55. The maximum absolute atomic E-state index is 12.0. The first kappa shape index (κ1) is 19.1. The van der Waals surface area contributed by atoms with Crippen LogP contribution in [0.5, 0.6) is 0 Å². The topological polar surface area (TPSA) is 111 Å². The number of carbonyl (C=O) groups excluding carboxylic acids is 3. The molecule has 0 fully saturated rings. The summed E-state index contributed by atoms with van der Waals surface area (Å²) < 4.78 is 4.76. The number of hydrogen-bond acceptors (Lipinski definition) is 5. The van der Waals surface area contributed by atoms with Gasteiger partial charge in [-0.2, -0.15) is 0 Å². The molecule has 0 radical (unpaired) electrons. The van der Waals surface area contributed by atoms with E-state index in [-0.39, 0.29) is 18.9 Å². The number of amides is 2. The number of carbonyl (C=O) groups is 3. The second-order valence-electron chi connectivity index (χ2n) is 5.70. The smallest absolute Gasteiger partial charge is 0.308 e. The highest BCUT2D eigenvalue weighted by molar-refractivity contribution is 5.91. The van der Waals surface area contributed by atoms with Gasteiger partial charge < -0.3 is 21.1 Å². The first-order valence-electron chi connectivity index (χ1n) is 6.67. The average molecular weight is 299 g/mol. The van der Waals surface area contributed by atoms with Crippen LogP contribution in [-0.2, 0) is 19.1 Å². The van der Waals surface area contributed by atoms with Gasteiger partial charge in [-0.05, 0) is 5.41 Å². The van der Waals surface area contributed by atoms with Crippen LogP contribution in [-0.4, -0.2) is 43.5 Å². The Hall–Kier alpha value is -1.89. The molecular formula is C14H25N3O4. The van der Waals surface area contributed by atoms with Gasteiger partial charge in [-0.25, -0.2) is 0 Å². The van der Waals surface area contributed by atoms with E-state index >= 15 is 0 Å². The molecule has 0 saturated heterocycles. The van der Waals surface area contributed by atoms with Crippen LogP contribution >= 0.6 is 0 Å². The minimum atomic E-state index is -1.07. The Balaban J connectivity index is 4.65. The molecule has 120 valence electrons. The molecule has 0 bridgehead atoms. The predicted octanol–water partition coefficient (Wildman–Crippen LogP) is -0.290. The second kappa shape index (κ2) is 8.41. The number of esters is 1. The van der Waals surface area contributed by atoms with E-state index in [9.17, 15) is 14.4 Å². The Kier molecular flexibility index (Phi) is 7.65. The van der Waals surface area contributed by atoms with Crippen molar-refractivity contribution in [3.8, 4) is 0 Å². The molecule has 0 spiro atoms. The predicted molar refractivity (Wildman–Crippen MR) is 79.2 cm³/mol. The van der Waals surface area contributed by atoms with Crippen molar-refractivity contribution in [2.24, 2.45) is 11.1 Å². The molecule has 0 rings (SSSR count). The molecule has 0 aliphatic heterocycles. The molecule has 4 N–H and O–H groups in total. The van der Waals surface area contributed by atoms with E-state index in [0.29, 0.717) is 0 Å². The van der Waals surface area contributed by atoms with E-state index in [1.807, 2.05) is 20.8 Å². The van der Waals surface area contributed by atoms with Crippen LogP contribution < -0.4 is 16.4 Å². The molecule has 0 aromatic heterocycles. The quantitative estimate of drug-likeness (QED) is 0.442. The number of hydrogen-bond donors (Lipinski definition) is 3. The van der Waals surface area contributed by atoms with Crippen LogP contribution in [0.1, 0.15) is 27.2 Å². The summed E-state index contributed by atoms with van der Waals surface area (Å²) in [5.74, 6) is -1.49. The van der Waals surface area contributed by atoms with Crippen LogP contribution in [0.15, 0.2) is 12.7 Å². The maximum atomic E-state index is 12.0. The number of nitrogens with one attached hydrogen (secondary N) is 2. The van der Waals surface area contributed by atoms with E-state index in [1.54, 1.807) is 0 Å². The van der Waals surface area contributed by atoms with E-state index in [4.69, 9.17) is 10.5 Å². The van der Waals surface area contributed by atoms with Crippen LogP contribution in [0, 0.1) is 5.41 Å². The molecule has 0 heterocycles. The SMILES string of the molecule is C=CCOC(=O)C[C@@H](N)C(=O)N[C@H](C(=O)NC)C(C)(C)C. The van der Waals surface area contributed by atoms with Gasteiger partial charge in [0.2, 0.25) is 11.8 Å². The highest BCUT2D eigenvalue weighted by Gasteiger charge is 2.33. The Morgan fingerprint density at radius 2 is 1.86 bits per heavy atom. The van der Waals surface area contributed by atoms with E-state index in [1.165, 1.54) is 13.1 Å². The molecule has 7 heteroatoms. The van der Waals surface area contributed by atoms with Crippen molar-refractivity contribution in [2.75, 3.05) is 13.7 Å². The van der Waals surface area contributed by atoms with Crippen molar-refractivity contribution in [2.45, 2.75) is 39.3 Å². The molecule has 2 atom stereocenters. The van der Waals surface area contributed by atoms with Crippen LogP contribution in [0.3, 0.4) is 0 Å². The molecule has 0 aromatic rings. The molecule has 0 aliphatic rings. The molecule has 0 aromatic carbocycles. The number of likely N-dealkylation sites (N-methyl/N-ethyl adjacent to an activating group) is 1. The zero-order valence-electron chi connectivity index (χ0n) is 13.1. The summed E-state index contributed by atoms with van der Waals surface area (Å²) in [5.41, 5.74) is 5.17.